The highest BCUT2D eigenvalue weighted by Gasteiger charge is 2.31. The number of rotatable bonds is 6. The van der Waals surface area contributed by atoms with Crippen LogP contribution in [0, 0.1) is 5.92 Å². The lowest BCUT2D eigenvalue weighted by Crippen LogP contribution is -2.51. The zero-order valence-corrected chi connectivity index (χ0v) is 15.6. The summed E-state index contributed by atoms with van der Waals surface area (Å²) in [6.45, 7) is 8.24. The summed E-state index contributed by atoms with van der Waals surface area (Å²) in [6.07, 6.45) is 1.32. The molecule has 0 saturated heterocycles. The first-order valence-corrected chi connectivity index (χ1v) is 9.71. The molecule has 24 heavy (non-hydrogen) atoms. The fourth-order valence-corrected chi connectivity index (χ4v) is 4.80. The van der Waals surface area contributed by atoms with Crippen LogP contribution in [0.5, 0.6) is 0 Å². The highest BCUT2D eigenvalue weighted by Crippen LogP contribution is 2.30. The Bertz CT molecular complexity index is 731. The fraction of sp³-hybridized carbons (Fsp3) is 0.588. The predicted molar refractivity (Wildman–Crippen MR) is 95.4 cm³/mol. The number of fused-ring (bicyclic) bond motifs is 1. The number of carbonyl (C=O) groups is 1. The number of nitrogens with two attached hydrogens (primary N) is 1. The monoisotopic (exact) mass is 353 g/mol. The third-order valence-electron chi connectivity index (χ3n) is 4.33. The zero-order chi connectivity index (χ0) is 18.1. The van der Waals surface area contributed by atoms with Crippen LogP contribution in [0.3, 0.4) is 0 Å². The largest absolute Gasteiger partial charge is 0.329 e. The summed E-state index contributed by atoms with van der Waals surface area (Å²) in [6, 6.07) is 4.92. The van der Waals surface area contributed by atoms with Gasteiger partial charge in [-0.2, -0.15) is 0 Å². The Balaban J connectivity index is 2.29. The van der Waals surface area contributed by atoms with Gasteiger partial charge in [0.15, 0.2) is 0 Å². The third kappa shape index (κ3) is 3.96. The molecule has 1 atom stereocenters. The lowest BCUT2D eigenvalue weighted by molar-refractivity contribution is -0.116. The molecular weight excluding hydrogens is 326 g/mol. The lowest BCUT2D eigenvalue weighted by Gasteiger charge is -2.30. The molecule has 0 aromatic heterocycles. The molecule has 0 radical (unpaired) electrons. The number of amides is 1. The Labute approximate surface area is 144 Å². The number of benzene rings is 1. The van der Waals surface area contributed by atoms with E-state index in [1.807, 2.05) is 20.8 Å². The maximum atomic E-state index is 12.8. The van der Waals surface area contributed by atoms with Crippen molar-refractivity contribution >= 4 is 21.6 Å². The number of anilines is 1. The molecule has 0 aliphatic carbocycles. The molecule has 6 nitrogen and oxygen atoms in total. The van der Waals surface area contributed by atoms with Crippen LogP contribution in [0.2, 0.25) is 0 Å². The van der Waals surface area contributed by atoms with Crippen molar-refractivity contribution in [1.29, 1.82) is 0 Å². The van der Waals surface area contributed by atoms with Crippen molar-refractivity contribution in [2.75, 3.05) is 18.0 Å². The van der Waals surface area contributed by atoms with Crippen molar-refractivity contribution in [3.8, 4) is 0 Å². The molecule has 134 valence electrons. The molecule has 0 bridgehead atoms. The predicted octanol–water partition coefficient (Wildman–Crippen LogP) is 1.64. The number of hydrogen-bond acceptors (Lipinski definition) is 4. The summed E-state index contributed by atoms with van der Waals surface area (Å²) >= 11 is 0. The Morgan fingerprint density at radius 2 is 2.08 bits per heavy atom. The van der Waals surface area contributed by atoms with E-state index in [2.05, 4.69) is 4.72 Å². The SMILES string of the molecule is CC(=O)N1CCc2cc(S(=O)(=O)NC(C)(CN)CC(C)C)ccc21. The first-order valence-electron chi connectivity index (χ1n) is 8.23. The lowest BCUT2D eigenvalue weighted by atomic mass is 9.92. The summed E-state index contributed by atoms with van der Waals surface area (Å²) in [5, 5.41) is 0. The van der Waals surface area contributed by atoms with Gasteiger partial charge in [0.1, 0.15) is 0 Å². The fourth-order valence-electron chi connectivity index (χ4n) is 3.32. The Kier molecular flexibility index (Phi) is 5.37. The molecule has 2 rings (SSSR count). The Morgan fingerprint density at radius 3 is 2.62 bits per heavy atom. The first kappa shape index (κ1) is 18.9. The smallest absolute Gasteiger partial charge is 0.241 e. The molecule has 3 N–H and O–H groups in total. The number of nitrogens with one attached hydrogen (secondary N) is 1. The van der Waals surface area contributed by atoms with Gasteiger partial charge in [-0.3, -0.25) is 4.79 Å². The average molecular weight is 353 g/mol. The van der Waals surface area contributed by atoms with Gasteiger partial charge in [0.25, 0.3) is 0 Å². The van der Waals surface area contributed by atoms with Crippen LogP contribution in [-0.2, 0) is 21.2 Å². The molecule has 1 heterocycles. The minimum Gasteiger partial charge on any atom is -0.329 e. The van der Waals surface area contributed by atoms with Crippen LogP contribution in [0.1, 0.15) is 39.7 Å². The normalized spacial score (nSPS) is 17.0. The van der Waals surface area contributed by atoms with E-state index >= 15 is 0 Å². The van der Waals surface area contributed by atoms with Gasteiger partial charge in [0.05, 0.1) is 4.90 Å². The van der Waals surface area contributed by atoms with E-state index in [1.165, 1.54) is 6.92 Å². The van der Waals surface area contributed by atoms with E-state index in [0.29, 0.717) is 25.3 Å². The molecule has 0 fully saturated rings. The highest BCUT2D eigenvalue weighted by molar-refractivity contribution is 7.89. The summed E-state index contributed by atoms with van der Waals surface area (Å²) in [5.74, 6) is 0.292. The molecule has 0 spiro atoms. The molecule has 1 unspecified atom stereocenters. The van der Waals surface area contributed by atoms with Gasteiger partial charge in [-0.05, 0) is 49.4 Å². The van der Waals surface area contributed by atoms with Gasteiger partial charge in [-0.15, -0.1) is 0 Å². The molecule has 0 saturated carbocycles. The quantitative estimate of drug-likeness (QED) is 0.813. The number of nitrogens with zero attached hydrogens (tertiary/aromatic N) is 1. The first-order chi connectivity index (χ1) is 11.1. The Hall–Kier alpha value is -1.44. The topological polar surface area (TPSA) is 92.5 Å². The standard InChI is InChI=1S/C17H27N3O3S/c1-12(2)10-17(4,11-18)19-24(22,23)15-5-6-16-14(9-15)7-8-20(16)13(3)21/h5-6,9,12,19H,7-8,10-11,18H2,1-4H3. The second-order valence-electron chi connectivity index (χ2n) is 7.18. The second kappa shape index (κ2) is 6.82. The minimum atomic E-state index is -3.67. The van der Waals surface area contributed by atoms with Crippen molar-refractivity contribution in [2.45, 2.75) is 51.0 Å². The van der Waals surface area contributed by atoms with Crippen molar-refractivity contribution in [3.05, 3.63) is 23.8 Å². The molecular formula is C17H27N3O3S. The molecule has 1 aliphatic rings. The number of carbonyl (C=O) groups excluding carboxylic acids is 1. The highest BCUT2D eigenvalue weighted by atomic mass is 32.2. The third-order valence-corrected chi connectivity index (χ3v) is 5.96. The van der Waals surface area contributed by atoms with Gasteiger partial charge in [0, 0.05) is 31.2 Å². The molecule has 1 amide bonds. The zero-order valence-electron chi connectivity index (χ0n) is 14.8. The van der Waals surface area contributed by atoms with Crippen LogP contribution >= 0.6 is 0 Å². The van der Waals surface area contributed by atoms with Crippen LogP contribution in [0.25, 0.3) is 0 Å². The second-order valence-corrected chi connectivity index (χ2v) is 8.86. The van der Waals surface area contributed by atoms with E-state index in [4.69, 9.17) is 5.73 Å². The number of hydrogen-bond donors (Lipinski definition) is 2. The van der Waals surface area contributed by atoms with Crippen molar-refractivity contribution in [2.24, 2.45) is 11.7 Å². The van der Waals surface area contributed by atoms with Gasteiger partial charge in [0.2, 0.25) is 15.9 Å². The molecule has 1 aromatic rings. The summed E-state index contributed by atoms with van der Waals surface area (Å²) < 4.78 is 28.3. The van der Waals surface area contributed by atoms with Crippen LogP contribution in [0.4, 0.5) is 5.69 Å². The van der Waals surface area contributed by atoms with E-state index in [1.54, 1.807) is 23.1 Å². The van der Waals surface area contributed by atoms with Gasteiger partial charge in [-0.1, -0.05) is 13.8 Å². The molecule has 1 aliphatic heterocycles. The Morgan fingerprint density at radius 1 is 1.42 bits per heavy atom. The van der Waals surface area contributed by atoms with E-state index in [-0.39, 0.29) is 17.3 Å². The maximum Gasteiger partial charge on any atom is 0.241 e. The summed E-state index contributed by atoms with van der Waals surface area (Å²) in [5.41, 5.74) is 6.81. The van der Waals surface area contributed by atoms with E-state index < -0.39 is 15.6 Å². The van der Waals surface area contributed by atoms with Crippen LogP contribution in [0.15, 0.2) is 23.1 Å². The minimum absolute atomic E-state index is 0.0323. The van der Waals surface area contributed by atoms with Gasteiger partial charge >= 0.3 is 0 Å². The van der Waals surface area contributed by atoms with Crippen molar-refractivity contribution < 1.29 is 13.2 Å². The van der Waals surface area contributed by atoms with Gasteiger partial charge in [-0.25, -0.2) is 13.1 Å². The van der Waals surface area contributed by atoms with Crippen LogP contribution < -0.4 is 15.4 Å². The van der Waals surface area contributed by atoms with Crippen molar-refractivity contribution in [1.82, 2.24) is 4.72 Å². The van der Waals surface area contributed by atoms with Gasteiger partial charge < -0.3 is 10.6 Å². The molecule has 1 aromatic carbocycles. The summed E-state index contributed by atoms with van der Waals surface area (Å²) in [7, 11) is -3.67. The van der Waals surface area contributed by atoms with E-state index in [9.17, 15) is 13.2 Å². The van der Waals surface area contributed by atoms with Crippen molar-refractivity contribution in [3.63, 3.8) is 0 Å². The summed E-state index contributed by atoms with van der Waals surface area (Å²) in [4.78, 5) is 13.5. The maximum absolute atomic E-state index is 12.8. The number of sulfonamides is 1. The van der Waals surface area contributed by atoms with E-state index in [0.717, 1.165) is 11.3 Å². The molecule has 7 heteroatoms. The average Bonchev–Trinajstić information content (AvgIpc) is 2.88. The van der Waals surface area contributed by atoms with Crippen LogP contribution in [-0.4, -0.2) is 33.0 Å².